The third-order valence-electron chi connectivity index (χ3n) is 2.33. The molecule has 1 aromatic carbocycles. The highest BCUT2D eigenvalue weighted by Gasteiger charge is 2.01. The van der Waals surface area contributed by atoms with Crippen molar-refractivity contribution in [3.8, 4) is 0 Å². The fourth-order valence-corrected chi connectivity index (χ4v) is 1.37. The maximum absolute atomic E-state index is 11.6. The summed E-state index contributed by atoms with van der Waals surface area (Å²) in [6, 6.07) is 12.7. The van der Waals surface area contributed by atoms with E-state index in [0.29, 0.717) is 11.3 Å². The number of benzene rings is 1. The van der Waals surface area contributed by atoms with Gasteiger partial charge in [0.15, 0.2) is 0 Å². The van der Waals surface area contributed by atoms with Gasteiger partial charge in [-0.25, -0.2) is 5.43 Å². The number of amides is 1. The number of aromatic nitrogens is 1. The Morgan fingerprint density at radius 1 is 1.22 bits per heavy atom. The first kappa shape index (κ1) is 12.0. The first-order valence-corrected chi connectivity index (χ1v) is 5.57. The highest BCUT2D eigenvalue weighted by molar-refractivity contribution is 5.94. The van der Waals surface area contributed by atoms with E-state index >= 15 is 0 Å². The molecule has 0 fully saturated rings. The Kier molecular flexibility index (Phi) is 3.81. The quantitative estimate of drug-likeness (QED) is 0.659. The molecular weight excluding hydrogens is 226 g/mol. The summed E-state index contributed by atoms with van der Waals surface area (Å²) >= 11 is 0. The van der Waals surface area contributed by atoms with E-state index in [2.05, 4.69) is 15.5 Å². The van der Waals surface area contributed by atoms with Gasteiger partial charge in [-0.3, -0.25) is 9.78 Å². The van der Waals surface area contributed by atoms with Crippen LogP contribution >= 0.6 is 0 Å². The van der Waals surface area contributed by atoms with Gasteiger partial charge in [0.05, 0.1) is 11.9 Å². The number of aryl methyl sites for hydroxylation is 1. The third kappa shape index (κ3) is 3.25. The van der Waals surface area contributed by atoms with Crippen molar-refractivity contribution in [3.63, 3.8) is 0 Å². The van der Waals surface area contributed by atoms with Crippen LogP contribution in [0.2, 0.25) is 0 Å². The van der Waals surface area contributed by atoms with E-state index < -0.39 is 0 Å². The summed E-state index contributed by atoms with van der Waals surface area (Å²) in [5.41, 5.74) is 4.81. The molecule has 0 unspecified atom stereocenters. The molecule has 4 nitrogen and oxygen atoms in total. The van der Waals surface area contributed by atoms with Gasteiger partial charge in [-0.05, 0) is 30.7 Å². The first-order chi connectivity index (χ1) is 8.75. The largest absolute Gasteiger partial charge is 0.271 e. The summed E-state index contributed by atoms with van der Waals surface area (Å²) in [7, 11) is 0. The molecule has 0 atom stereocenters. The van der Waals surface area contributed by atoms with Crippen LogP contribution < -0.4 is 5.43 Å². The minimum Gasteiger partial charge on any atom is -0.267 e. The number of carbonyl (C=O) groups excluding carboxylic acids is 1. The normalized spacial score (nSPS) is 10.5. The molecule has 4 heteroatoms. The van der Waals surface area contributed by atoms with Gasteiger partial charge in [-0.1, -0.05) is 24.3 Å². The highest BCUT2D eigenvalue weighted by Crippen LogP contribution is 1.98. The minimum absolute atomic E-state index is 0.237. The second-order valence-electron chi connectivity index (χ2n) is 3.83. The molecule has 0 saturated heterocycles. The van der Waals surface area contributed by atoms with Crippen molar-refractivity contribution in [2.45, 2.75) is 6.92 Å². The van der Waals surface area contributed by atoms with Crippen molar-refractivity contribution < 1.29 is 4.79 Å². The lowest BCUT2D eigenvalue weighted by atomic mass is 10.2. The van der Waals surface area contributed by atoms with E-state index in [4.69, 9.17) is 0 Å². The fraction of sp³-hybridized carbons (Fsp3) is 0.0714. The summed E-state index contributed by atoms with van der Waals surface area (Å²) < 4.78 is 0. The lowest BCUT2D eigenvalue weighted by Crippen LogP contribution is -2.17. The lowest BCUT2D eigenvalue weighted by molar-refractivity contribution is 0.0955. The van der Waals surface area contributed by atoms with Crippen molar-refractivity contribution >= 4 is 12.1 Å². The molecule has 0 aliphatic rings. The number of hydrazone groups is 1. The monoisotopic (exact) mass is 239 g/mol. The van der Waals surface area contributed by atoms with Gasteiger partial charge in [-0.15, -0.1) is 0 Å². The Morgan fingerprint density at radius 2 is 2.00 bits per heavy atom. The van der Waals surface area contributed by atoms with Crippen molar-refractivity contribution in [2.24, 2.45) is 5.10 Å². The van der Waals surface area contributed by atoms with Gasteiger partial charge in [0.25, 0.3) is 5.91 Å². The van der Waals surface area contributed by atoms with E-state index in [0.717, 1.165) is 5.56 Å². The standard InChI is InChI=1S/C14H13N3O/c1-11-7-8-13(15-9-11)10-16-17-14(18)12-5-3-2-4-6-12/h2-10H,1H3,(H,17,18). The van der Waals surface area contributed by atoms with Crippen LogP contribution in [0.15, 0.2) is 53.8 Å². The van der Waals surface area contributed by atoms with Crippen LogP contribution in [0, 0.1) is 6.92 Å². The smallest absolute Gasteiger partial charge is 0.267 e. The zero-order chi connectivity index (χ0) is 12.8. The molecule has 0 aliphatic heterocycles. The van der Waals surface area contributed by atoms with Crippen molar-refractivity contribution in [1.82, 2.24) is 10.4 Å². The van der Waals surface area contributed by atoms with Crippen molar-refractivity contribution in [2.75, 3.05) is 0 Å². The number of nitrogens with zero attached hydrogens (tertiary/aromatic N) is 2. The van der Waals surface area contributed by atoms with Crippen molar-refractivity contribution in [1.29, 1.82) is 0 Å². The van der Waals surface area contributed by atoms with E-state index in [1.54, 1.807) is 30.5 Å². The minimum atomic E-state index is -0.237. The Morgan fingerprint density at radius 3 is 2.67 bits per heavy atom. The van der Waals surface area contributed by atoms with E-state index in [1.165, 1.54) is 6.21 Å². The first-order valence-electron chi connectivity index (χ1n) is 5.57. The molecule has 2 aromatic rings. The molecular formula is C14H13N3O. The predicted octanol–water partition coefficient (Wildman–Crippen LogP) is 2.15. The maximum Gasteiger partial charge on any atom is 0.271 e. The number of hydrogen-bond acceptors (Lipinski definition) is 3. The molecule has 1 N–H and O–H groups in total. The highest BCUT2D eigenvalue weighted by atomic mass is 16.2. The molecule has 1 heterocycles. The Hall–Kier alpha value is -2.49. The summed E-state index contributed by atoms with van der Waals surface area (Å²) in [5.74, 6) is -0.237. The van der Waals surface area contributed by atoms with Crippen LogP contribution in [0.4, 0.5) is 0 Å². The number of nitrogens with one attached hydrogen (secondary N) is 1. The van der Waals surface area contributed by atoms with E-state index in [-0.39, 0.29) is 5.91 Å². The lowest BCUT2D eigenvalue weighted by Gasteiger charge is -1.98. The Labute approximate surface area is 105 Å². The van der Waals surface area contributed by atoms with Crippen LogP contribution in [0.3, 0.4) is 0 Å². The molecule has 18 heavy (non-hydrogen) atoms. The number of hydrogen-bond donors (Lipinski definition) is 1. The zero-order valence-electron chi connectivity index (χ0n) is 10.00. The van der Waals surface area contributed by atoms with Crippen molar-refractivity contribution in [3.05, 3.63) is 65.5 Å². The number of carbonyl (C=O) groups is 1. The van der Waals surface area contributed by atoms with Crippen LogP contribution in [-0.2, 0) is 0 Å². The maximum atomic E-state index is 11.6. The molecule has 2 rings (SSSR count). The average Bonchev–Trinajstić information content (AvgIpc) is 2.42. The predicted molar refractivity (Wildman–Crippen MR) is 70.5 cm³/mol. The van der Waals surface area contributed by atoms with Crippen LogP contribution in [-0.4, -0.2) is 17.1 Å². The van der Waals surface area contributed by atoms with Gasteiger partial charge in [0.1, 0.15) is 0 Å². The summed E-state index contributed by atoms with van der Waals surface area (Å²) in [6.45, 7) is 1.96. The molecule has 0 bridgehead atoms. The van der Waals surface area contributed by atoms with Gasteiger partial charge in [-0.2, -0.15) is 5.10 Å². The van der Waals surface area contributed by atoms with E-state index in [1.807, 2.05) is 25.1 Å². The second kappa shape index (κ2) is 5.72. The van der Waals surface area contributed by atoms with E-state index in [9.17, 15) is 4.79 Å². The molecule has 1 aromatic heterocycles. The number of rotatable bonds is 3. The molecule has 0 aliphatic carbocycles. The summed E-state index contributed by atoms with van der Waals surface area (Å²) in [5, 5.41) is 3.86. The fourth-order valence-electron chi connectivity index (χ4n) is 1.37. The molecule has 90 valence electrons. The van der Waals surface area contributed by atoms with Gasteiger partial charge in [0.2, 0.25) is 0 Å². The van der Waals surface area contributed by atoms with Gasteiger partial charge in [0, 0.05) is 11.8 Å². The van der Waals surface area contributed by atoms with Crippen LogP contribution in [0.1, 0.15) is 21.6 Å². The molecule has 0 saturated carbocycles. The second-order valence-corrected chi connectivity index (χ2v) is 3.83. The van der Waals surface area contributed by atoms with Gasteiger partial charge >= 0.3 is 0 Å². The zero-order valence-corrected chi connectivity index (χ0v) is 10.00. The Bertz CT molecular complexity index is 547. The topological polar surface area (TPSA) is 54.4 Å². The third-order valence-corrected chi connectivity index (χ3v) is 2.33. The number of pyridine rings is 1. The van der Waals surface area contributed by atoms with Gasteiger partial charge < -0.3 is 0 Å². The summed E-state index contributed by atoms with van der Waals surface area (Å²) in [6.07, 6.45) is 3.26. The summed E-state index contributed by atoms with van der Waals surface area (Å²) in [4.78, 5) is 15.8. The van der Waals surface area contributed by atoms with Crippen LogP contribution in [0.25, 0.3) is 0 Å². The SMILES string of the molecule is Cc1ccc(C=NNC(=O)c2ccccc2)nc1. The molecule has 0 spiro atoms. The Balaban J connectivity index is 1.96. The molecule has 1 amide bonds. The van der Waals surface area contributed by atoms with Crippen LogP contribution in [0.5, 0.6) is 0 Å². The molecule has 0 radical (unpaired) electrons. The average molecular weight is 239 g/mol.